The lowest BCUT2D eigenvalue weighted by molar-refractivity contribution is -0.0250. The summed E-state index contributed by atoms with van der Waals surface area (Å²) < 4.78 is 0. The Hall–Kier alpha value is -1.12. The molecule has 0 spiro atoms. The number of unbranched alkanes of at least 4 members (excludes halogenated alkanes) is 15. The lowest BCUT2D eigenvalue weighted by Crippen LogP contribution is -2.56. The average molecular weight is 528 g/mol. The minimum absolute atomic E-state index is 0.309. The van der Waals surface area contributed by atoms with Crippen molar-refractivity contribution in [2.45, 2.75) is 149 Å². The second-order valence-electron chi connectivity index (χ2n) is 11.9. The van der Waals surface area contributed by atoms with Gasteiger partial charge in [0.15, 0.2) is 0 Å². The molecule has 0 aromatic carbocycles. The third kappa shape index (κ3) is 19.9. The average Bonchev–Trinajstić information content (AvgIpc) is 2.90. The van der Waals surface area contributed by atoms with Crippen molar-refractivity contribution >= 4 is 0 Å². The van der Waals surface area contributed by atoms with E-state index in [0.29, 0.717) is 12.0 Å². The molecule has 0 bridgehead atoms. The zero-order valence-corrected chi connectivity index (χ0v) is 25.7. The third-order valence-corrected chi connectivity index (χ3v) is 8.14. The van der Waals surface area contributed by atoms with Crippen LogP contribution in [-0.4, -0.2) is 36.2 Å². The molecule has 0 atom stereocenters. The van der Waals surface area contributed by atoms with Gasteiger partial charge in [0.1, 0.15) is 0 Å². The van der Waals surface area contributed by atoms with Crippen LogP contribution >= 0.6 is 0 Å². The van der Waals surface area contributed by atoms with Gasteiger partial charge in [0.25, 0.3) is 0 Å². The smallest absolute Gasteiger partial charge is 0.0558 e. The fraction of sp³-hybridized carbons (Fsp3) is 0.778. The Morgan fingerprint density at radius 1 is 0.526 bits per heavy atom. The minimum Gasteiger partial charge on any atom is -0.395 e. The molecule has 1 saturated heterocycles. The topological polar surface area (TPSA) is 23.5 Å². The van der Waals surface area contributed by atoms with Crippen molar-refractivity contribution in [3.63, 3.8) is 0 Å². The van der Waals surface area contributed by atoms with Gasteiger partial charge in [-0.05, 0) is 63.2 Å². The maximum absolute atomic E-state index is 9.32. The first-order valence-corrected chi connectivity index (χ1v) is 16.7. The van der Waals surface area contributed by atoms with E-state index < -0.39 is 0 Å². The maximum atomic E-state index is 9.32. The summed E-state index contributed by atoms with van der Waals surface area (Å²) in [5, 5.41) is 9.32. The highest BCUT2D eigenvalue weighted by Gasteiger charge is 2.40. The monoisotopic (exact) mass is 528 g/mol. The van der Waals surface area contributed by atoms with Gasteiger partial charge < -0.3 is 5.11 Å². The number of nitrogens with zero attached hydrogens (tertiary/aromatic N) is 1. The van der Waals surface area contributed by atoms with E-state index in [9.17, 15) is 5.11 Å². The van der Waals surface area contributed by atoms with Crippen LogP contribution < -0.4 is 0 Å². The molecular weight excluding hydrogens is 462 g/mol. The van der Waals surface area contributed by atoms with Crippen molar-refractivity contribution in [3.05, 3.63) is 48.6 Å². The second-order valence-corrected chi connectivity index (χ2v) is 11.9. The number of hydrogen-bond donors (Lipinski definition) is 1. The van der Waals surface area contributed by atoms with Gasteiger partial charge in [0.2, 0.25) is 0 Å². The molecule has 0 unspecified atom stereocenters. The molecule has 0 radical (unpaired) electrons. The van der Waals surface area contributed by atoms with Gasteiger partial charge in [-0.25, -0.2) is 0 Å². The summed E-state index contributed by atoms with van der Waals surface area (Å²) in [6, 6.07) is 0. The van der Waals surface area contributed by atoms with Crippen LogP contribution in [0.1, 0.15) is 149 Å². The van der Waals surface area contributed by atoms with E-state index >= 15 is 0 Å². The van der Waals surface area contributed by atoms with Crippen LogP contribution in [0.3, 0.4) is 0 Å². The highest BCUT2D eigenvalue weighted by Crippen LogP contribution is 2.40. The zero-order chi connectivity index (χ0) is 27.4. The first-order chi connectivity index (χ1) is 18.8. The number of likely N-dealkylation sites (tertiary alicyclic amines) is 1. The number of β-amino-alcohol motifs (C(OH)–C–C–N with tert-alkyl or cyclic N) is 1. The van der Waals surface area contributed by atoms with Gasteiger partial charge in [-0.1, -0.05) is 140 Å². The summed E-state index contributed by atoms with van der Waals surface area (Å²) in [6.45, 7) is 8.12. The van der Waals surface area contributed by atoms with Gasteiger partial charge in [0, 0.05) is 19.6 Å². The van der Waals surface area contributed by atoms with E-state index in [2.05, 4.69) is 67.4 Å². The fourth-order valence-corrected chi connectivity index (χ4v) is 5.78. The summed E-state index contributed by atoms with van der Waals surface area (Å²) in [6.07, 6.45) is 46.3. The van der Waals surface area contributed by atoms with Gasteiger partial charge >= 0.3 is 0 Å². The second kappa shape index (κ2) is 26.1. The highest BCUT2D eigenvalue weighted by molar-refractivity contribution is 5.02. The summed E-state index contributed by atoms with van der Waals surface area (Å²) in [5.74, 6) is 0. The summed E-state index contributed by atoms with van der Waals surface area (Å²) in [4.78, 5) is 2.47. The molecule has 2 nitrogen and oxygen atoms in total. The van der Waals surface area contributed by atoms with Crippen molar-refractivity contribution < 1.29 is 5.11 Å². The molecule has 220 valence electrons. The Morgan fingerprint density at radius 3 is 1.39 bits per heavy atom. The van der Waals surface area contributed by atoms with Gasteiger partial charge in [-0.3, -0.25) is 4.90 Å². The lowest BCUT2D eigenvalue weighted by atomic mass is 9.71. The molecule has 1 N–H and O–H groups in total. The Balaban J connectivity index is 2.06. The van der Waals surface area contributed by atoms with Crippen molar-refractivity contribution in [1.82, 2.24) is 4.90 Å². The summed E-state index contributed by atoms with van der Waals surface area (Å²) in [5.41, 5.74) is 0.553. The van der Waals surface area contributed by atoms with Gasteiger partial charge in [-0.15, -0.1) is 0 Å². The number of hydrogen-bond acceptors (Lipinski definition) is 2. The molecule has 1 aliphatic heterocycles. The Bertz CT molecular complexity index is 611. The van der Waals surface area contributed by atoms with Crippen LogP contribution in [0.2, 0.25) is 0 Å². The molecule has 0 aromatic heterocycles. The normalized spacial score (nSPS) is 16.1. The molecule has 1 fully saturated rings. The lowest BCUT2D eigenvalue weighted by Gasteiger charge is -2.51. The minimum atomic E-state index is 0.309. The number of rotatable bonds is 27. The molecule has 2 heteroatoms. The van der Waals surface area contributed by atoms with Crippen LogP contribution in [0.5, 0.6) is 0 Å². The predicted octanol–water partition coefficient (Wildman–Crippen LogP) is 10.7. The molecule has 0 amide bonds. The first-order valence-electron chi connectivity index (χ1n) is 16.7. The molecule has 1 rings (SSSR count). The highest BCUT2D eigenvalue weighted by atomic mass is 16.3. The largest absolute Gasteiger partial charge is 0.395 e. The van der Waals surface area contributed by atoms with Crippen LogP contribution in [0.25, 0.3) is 0 Å². The van der Waals surface area contributed by atoms with E-state index in [4.69, 9.17) is 0 Å². The standard InChI is InChI=1S/C36H65NO/c1-3-5-7-9-11-13-15-17-18-19-21-23-25-27-29-31-36(34-37(35-36)32-33-38)30-28-26-24-22-20-16-14-12-10-8-6-4-2/h8,10-15,17,38H,3-7,9,16,18-35H2,1-2H3/b10-8+,13-11+,14-12+,17-15-. The van der Waals surface area contributed by atoms with Crippen LogP contribution in [0.15, 0.2) is 48.6 Å². The van der Waals surface area contributed by atoms with Crippen LogP contribution in [-0.2, 0) is 0 Å². The van der Waals surface area contributed by atoms with Crippen LogP contribution in [0.4, 0.5) is 0 Å². The van der Waals surface area contributed by atoms with E-state index in [1.165, 1.54) is 148 Å². The van der Waals surface area contributed by atoms with E-state index in [1.54, 1.807) is 0 Å². The third-order valence-electron chi connectivity index (χ3n) is 8.14. The Morgan fingerprint density at radius 2 is 0.947 bits per heavy atom. The van der Waals surface area contributed by atoms with Gasteiger partial charge in [-0.2, -0.15) is 0 Å². The van der Waals surface area contributed by atoms with Crippen LogP contribution in [0, 0.1) is 5.41 Å². The van der Waals surface area contributed by atoms with Crippen molar-refractivity contribution in [2.24, 2.45) is 5.41 Å². The Labute approximate surface area is 238 Å². The van der Waals surface area contributed by atoms with E-state index in [1.807, 2.05) is 0 Å². The van der Waals surface area contributed by atoms with E-state index in [-0.39, 0.29) is 0 Å². The molecule has 38 heavy (non-hydrogen) atoms. The van der Waals surface area contributed by atoms with Gasteiger partial charge in [0.05, 0.1) is 6.61 Å². The molecular formula is C36H65NO. The molecule has 1 heterocycles. The molecule has 0 aliphatic carbocycles. The zero-order valence-electron chi connectivity index (χ0n) is 25.7. The predicted molar refractivity (Wildman–Crippen MR) is 171 cm³/mol. The Kier molecular flexibility index (Phi) is 24.0. The number of aliphatic hydroxyl groups excluding tert-OH is 1. The number of aliphatic hydroxyl groups is 1. The van der Waals surface area contributed by atoms with Crippen molar-refractivity contribution in [3.8, 4) is 0 Å². The van der Waals surface area contributed by atoms with Crippen molar-refractivity contribution in [1.29, 1.82) is 0 Å². The maximum Gasteiger partial charge on any atom is 0.0558 e. The molecule has 0 aromatic rings. The van der Waals surface area contributed by atoms with E-state index in [0.717, 1.165) is 6.54 Å². The first kappa shape index (κ1) is 34.9. The van der Waals surface area contributed by atoms with Crippen molar-refractivity contribution in [2.75, 3.05) is 26.2 Å². The SMILES string of the molecule is CCC/C=C/C=C/CCCCCCCC1(CCCCCCCC/C=C\C=C\CCCCC)CN(CCO)C1. The number of allylic oxidation sites excluding steroid dienone is 8. The summed E-state index contributed by atoms with van der Waals surface area (Å²) in [7, 11) is 0. The summed E-state index contributed by atoms with van der Waals surface area (Å²) >= 11 is 0. The molecule has 0 saturated carbocycles. The quantitative estimate of drug-likeness (QED) is 0.0848. The fourth-order valence-electron chi connectivity index (χ4n) is 5.78. The molecule has 1 aliphatic rings.